The third-order valence-corrected chi connectivity index (χ3v) is 5.69. The van der Waals surface area contributed by atoms with E-state index in [0.717, 1.165) is 19.4 Å². The molecule has 6 heteroatoms. The molecule has 2 fully saturated rings. The molecule has 1 saturated heterocycles. The third-order valence-electron chi connectivity index (χ3n) is 5.69. The highest BCUT2D eigenvalue weighted by Crippen LogP contribution is 2.38. The Labute approximate surface area is 148 Å². The van der Waals surface area contributed by atoms with Crippen LogP contribution in [0.2, 0.25) is 0 Å². The molecule has 0 spiro atoms. The molecule has 0 radical (unpaired) electrons. The minimum atomic E-state index is -0.128. The average Bonchev–Trinajstić information content (AvgIpc) is 3.35. The molecule has 6 nitrogen and oxygen atoms in total. The molecule has 1 N–H and O–H groups in total. The number of aromatic nitrogens is 3. The first-order valence-electron chi connectivity index (χ1n) is 9.01. The second kappa shape index (κ2) is 5.95. The molecule has 1 aliphatic carbocycles. The number of likely N-dealkylation sites (tertiary alicyclic amines) is 1. The number of hydrogen-bond donors (Lipinski definition) is 1. The number of nitrogens with zero attached hydrogens (tertiary/aromatic N) is 4. The molecule has 4 rings (SSSR count). The molecule has 1 aromatic heterocycles. The van der Waals surface area contributed by atoms with Crippen LogP contribution in [0.3, 0.4) is 0 Å². The number of hydrogen-bond acceptors (Lipinski definition) is 4. The summed E-state index contributed by atoms with van der Waals surface area (Å²) in [6.45, 7) is 7.42. The van der Waals surface area contributed by atoms with Gasteiger partial charge in [-0.2, -0.15) is 0 Å². The third kappa shape index (κ3) is 2.95. The van der Waals surface area contributed by atoms with E-state index in [-0.39, 0.29) is 17.5 Å². The average molecular weight is 339 g/mol. The van der Waals surface area contributed by atoms with E-state index in [4.69, 9.17) is 0 Å². The van der Waals surface area contributed by atoms with E-state index in [9.17, 15) is 4.79 Å². The highest BCUT2D eigenvalue weighted by Gasteiger charge is 2.49. The number of carbonyl (C=O) groups excluding carboxylic acids is 1. The molecule has 0 unspecified atom stereocenters. The van der Waals surface area contributed by atoms with Crippen molar-refractivity contribution in [3.8, 4) is 0 Å². The van der Waals surface area contributed by atoms with Crippen LogP contribution in [0, 0.1) is 0 Å². The molecule has 1 amide bonds. The number of carbonyl (C=O) groups is 1. The molecule has 132 valence electrons. The molecular weight excluding hydrogens is 314 g/mol. The summed E-state index contributed by atoms with van der Waals surface area (Å²) in [5, 5.41) is 11.2. The predicted molar refractivity (Wildman–Crippen MR) is 95.2 cm³/mol. The van der Waals surface area contributed by atoms with E-state index in [0.29, 0.717) is 17.8 Å². The maximum Gasteiger partial charge on any atom is 0.273 e. The molecule has 2 atom stereocenters. The monoisotopic (exact) mass is 339 g/mol. The summed E-state index contributed by atoms with van der Waals surface area (Å²) in [5.41, 5.74) is 1.61. The minimum absolute atomic E-state index is 0.0998. The van der Waals surface area contributed by atoms with Gasteiger partial charge >= 0.3 is 0 Å². The second-order valence-corrected chi connectivity index (χ2v) is 7.73. The summed E-state index contributed by atoms with van der Waals surface area (Å²) < 4.78 is 1.81. The van der Waals surface area contributed by atoms with Gasteiger partial charge in [0.2, 0.25) is 0 Å². The maximum atomic E-state index is 12.5. The van der Waals surface area contributed by atoms with Crippen molar-refractivity contribution in [3.63, 3.8) is 0 Å². The van der Waals surface area contributed by atoms with Crippen molar-refractivity contribution in [3.05, 3.63) is 47.8 Å². The van der Waals surface area contributed by atoms with Crippen molar-refractivity contribution in [2.45, 2.75) is 57.3 Å². The van der Waals surface area contributed by atoms with E-state index in [1.807, 2.05) is 10.7 Å². The Balaban J connectivity index is 1.40. The first-order valence-corrected chi connectivity index (χ1v) is 9.01. The summed E-state index contributed by atoms with van der Waals surface area (Å²) in [6, 6.07) is 11.4. The van der Waals surface area contributed by atoms with Gasteiger partial charge < -0.3 is 5.32 Å². The Morgan fingerprint density at radius 3 is 2.64 bits per heavy atom. The van der Waals surface area contributed by atoms with Crippen LogP contribution in [0.4, 0.5) is 0 Å². The highest BCUT2D eigenvalue weighted by atomic mass is 16.2. The lowest BCUT2D eigenvalue weighted by Gasteiger charge is -2.57. The van der Waals surface area contributed by atoms with E-state index in [1.165, 1.54) is 5.56 Å². The van der Waals surface area contributed by atoms with Crippen molar-refractivity contribution in [1.29, 1.82) is 0 Å². The van der Waals surface area contributed by atoms with Gasteiger partial charge in [0.1, 0.15) is 0 Å². The van der Waals surface area contributed by atoms with Gasteiger partial charge in [-0.1, -0.05) is 35.5 Å². The van der Waals surface area contributed by atoms with Crippen LogP contribution in [-0.4, -0.2) is 43.9 Å². The fourth-order valence-corrected chi connectivity index (χ4v) is 3.66. The van der Waals surface area contributed by atoms with Crippen molar-refractivity contribution >= 4 is 5.91 Å². The van der Waals surface area contributed by atoms with Crippen LogP contribution in [0.5, 0.6) is 0 Å². The van der Waals surface area contributed by atoms with Gasteiger partial charge in [0, 0.05) is 18.1 Å². The second-order valence-electron chi connectivity index (χ2n) is 7.73. The zero-order chi connectivity index (χ0) is 17.6. The zero-order valence-electron chi connectivity index (χ0n) is 15.0. The predicted octanol–water partition coefficient (Wildman–Crippen LogP) is 2.57. The Kier molecular flexibility index (Phi) is 3.87. The van der Waals surface area contributed by atoms with Crippen molar-refractivity contribution in [1.82, 2.24) is 25.2 Å². The summed E-state index contributed by atoms with van der Waals surface area (Å²) in [7, 11) is 0. The zero-order valence-corrected chi connectivity index (χ0v) is 15.0. The van der Waals surface area contributed by atoms with Crippen molar-refractivity contribution < 1.29 is 4.79 Å². The van der Waals surface area contributed by atoms with E-state index < -0.39 is 0 Å². The standard InChI is InChI=1S/C19H25N5O/c1-13(14-7-5-4-6-8-14)23-12-17(19(23,2)3)20-18(25)16-11-24(22-21-16)15-9-10-15/h4-8,11,13,15,17H,9-10,12H2,1-3H3,(H,20,25)/t13-,17+/m0/s1. The van der Waals surface area contributed by atoms with Crippen molar-refractivity contribution in [2.24, 2.45) is 0 Å². The summed E-state index contributed by atoms with van der Waals surface area (Å²) >= 11 is 0. The van der Waals surface area contributed by atoms with Crippen LogP contribution in [0.15, 0.2) is 36.5 Å². The topological polar surface area (TPSA) is 63.1 Å². The summed E-state index contributed by atoms with van der Waals surface area (Å²) in [4.78, 5) is 14.9. The molecule has 2 aromatic rings. The lowest BCUT2D eigenvalue weighted by Crippen LogP contribution is -2.73. The van der Waals surface area contributed by atoms with Gasteiger partial charge in [-0.05, 0) is 39.2 Å². The summed E-state index contributed by atoms with van der Waals surface area (Å²) in [6.07, 6.45) is 4.03. The molecule has 1 aliphatic heterocycles. The molecule has 2 heterocycles. The van der Waals surface area contributed by atoms with Gasteiger partial charge in [-0.3, -0.25) is 9.69 Å². The molecular formula is C19H25N5O. The largest absolute Gasteiger partial charge is 0.345 e. The molecule has 2 aliphatic rings. The maximum absolute atomic E-state index is 12.5. The van der Waals surface area contributed by atoms with E-state index in [1.54, 1.807) is 6.20 Å². The lowest BCUT2D eigenvalue weighted by atomic mass is 9.80. The SMILES string of the molecule is C[C@@H](c1ccccc1)N1C[C@@H](NC(=O)c2cn(C3CC3)nn2)C1(C)C. The smallest absolute Gasteiger partial charge is 0.273 e. The fourth-order valence-electron chi connectivity index (χ4n) is 3.66. The number of amides is 1. The van der Waals surface area contributed by atoms with Crippen LogP contribution in [0.1, 0.15) is 61.7 Å². The summed E-state index contributed by atoms with van der Waals surface area (Å²) in [5.74, 6) is -0.128. The lowest BCUT2D eigenvalue weighted by molar-refractivity contribution is -0.0542. The van der Waals surface area contributed by atoms with Gasteiger partial charge in [0.05, 0.1) is 18.3 Å². The highest BCUT2D eigenvalue weighted by molar-refractivity contribution is 5.92. The van der Waals surface area contributed by atoms with Crippen molar-refractivity contribution in [2.75, 3.05) is 6.54 Å². The van der Waals surface area contributed by atoms with Gasteiger partial charge in [-0.25, -0.2) is 4.68 Å². The van der Waals surface area contributed by atoms with Crippen LogP contribution >= 0.6 is 0 Å². The Morgan fingerprint density at radius 1 is 1.28 bits per heavy atom. The Bertz CT molecular complexity index is 765. The Hall–Kier alpha value is -2.21. The fraction of sp³-hybridized carbons (Fsp3) is 0.526. The van der Waals surface area contributed by atoms with Crippen LogP contribution in [0.25, 0.3) is 0 Å². The van der Waals surface area contributed by atoms with Crippen LogP contribution in [-0.2, 0) is 0 Å². The number of nitrogens with one attached hydrogen (secondary N) is 1. The van der Waals surface area contributed by atoms with E-state index in [2.05, 4.69) is 65.6 Å². The van der Waals surface area contributed by atoms with Gasteiger partial charge in [0.15, 0.2) is 5.69 Å². The number of benzene rings is 1. The first kappa shape index (κ1) is 16.3. The van der Waals surface area contributed by atoms with Gasteiger partial charge in [0.25, 0.3) is 5.91 Å². The minimum Gasteiger partial charge on any atom is -0.345 e. The first-order chi connectivity index (χ1) is 12.0. The molecule has 1 saturated carbocycles. The molecule has 1 aromatic carbocycles. The molecule has 0 bridgehead atoms. The quantitative estimate of drug-likeness (QED) is 0.909. The normalized spacial score (nSPS) is 23.7. The Morgan fingerprint density at radius 2 is 2.00 bits per heavy atom. The number of rotatable bonds is 5. The van der Waals surface area contributed by atoms with Gasteiger partial charge in [-0.15, -0.1) is 5.10 Å². The van der Waals surface area contributed by atoms with Crippen LogP contribution < -0.4 is 5.32 Å². The molecule has 25 heavy (non-hydrogen) atoms. The van der Waals surface area contributed by atoms with E-state index >= 15 is 0 Å².